The summed E-state index contributed by atoms with van der Waals surface area (Å²) in [6.45, 7) is -0.855. The summed E-state index contributed by atoms with van der Waals surface area (Å²) in [6, 6.07) is -0.0323. The van der Waals surface area contributed by atoms with Crippen molar-refractivity contribution >= 4 is 17.2 Å². The van der Waals surface area contributed by atoms with Crippen LogP contribution in [0.15, 0.2) is 5.38 Å². The minimum absolute atomic E-state index is 0.0323. The first-order valence-electron chi connectivity index (χ1n) is 5.65. The molecule has 0 spiro atoms. The van der Waals surface area contributed by atoms with Crippen LogP contribution in [0.5, 0.6) is 0 Å². The van der Waals surface area contributed by atoms with Crippen LogP contribution in [0.2, 0.25) is 0 Å². The second kappa shape index (κ2) is 5.43. The topological polar surface area (TPSA) is 71.2 Å². The zero-order chi connectivity index (χ0) is 14.0. The molecule has 3 N–H and O–H groups in total. The fourth-order valence-electron chi connectivity index (χ4n) is 1.74. The van der Waals surface area contributed by atoms with Crippen molar-refractivity contribution in [3.8, 4) is 0 Å². The molecule has 5 nitrogen and oxygen atoms in total. The molecule has 19 heavy (non-hydrogen) atoms. The fourth-order valence-corrected chi connectivity index (χ4v) is 2.45. The quantitative estimate of drug-likeness (QED) is 0.487. The number of nitrogens with one attached hydrogen (secondary N) is 1. The molecule has 2 rings (SSSR count). The van der Waals surface area contributed by atoms with Gasteiger partial charge in [-0.15, -0.1) is 11.3 Å². The number of aromatic nitrogens is 1. The minimum atomic E-state index is -4.23. The molecule has 1 saturated carbocycles. The van der Waals surface area contributed by atoms with Gasteiger partial charge in [0.2, 0.25) is 0 Å². The van der Waals surface area contributed by atoms with Crippen LogP contribution in [-0.2, 0) is 6.54 Å². The highest BCUT2D eigenvalue weighted by Crippen LogP contribution is 2.31. The smallest absolute Gasteiger partial charge is 0.288 e. The number of nitrogens with zero attached hydrogens (tertiary/aromatic N) is 2. The first-order chi connectivity index (χ1) is 8.89. The molecule has 1 aromatic rings. The number of nitrogens with two attached hydrogens (primary N) is 1. The Morgan fingerprint density at radius 1 is 1.58 bits per heavy atom. The third-order valence-corrected chi connectivity index (χ3v) is 3.58. The van der Waals surface area contributed by atoms with Gasteiger partial charge in [0.25, 0.3) is 5.91 Å². The van der Waals surface area contributed by atoms with Crippen LogP contribution < -0.4 is 11.3 Å². The number of nitrogen functional groups attached to an aromatic ring is 1. The summed E-state index contributed by atoms with van der Waals surface area (Å²) >= 11 is 1.06. The molecule has 1 fully saturated rings. The molecule has 1 heterocycles. The average Bonchev–Trinajstić information content (AvgIpc) is 3.07. The van der Waals surface area contributed by atoms with Crippen LogP contribution in [0.25, 0.3) is 0 Å². The summed E-state index contributed by atoms with van der Waals surface area (Å²) in [6.07, 6.45) is -2.68. The molecule has 0 saturated heterocycles. The number of halogens is 3. The van der Waals surface area contributed by atoms with Gasteiger partial charge in [-0.25, -0.2) is 10.8 Å². The Morgan fingerprint density at radius 3 is 2.79 bits per heavy atom. The summed E-state index contributed by atoms with van der Waals surface area (Å²) in [5.74, 6) is 4.43. The van der Waals surface area contributed by atoms with Crippen LogP contribution in [0, 0.1) is 0 Å². The van der Waals surface area contributed by atoms with Gasteiger partial charge in [0.1, 0.15) is 0 Å². The number of hydrazine groups is 1. The van der Waals surface area contributed by atoms with Gasteiger partial charge in [0, 0.05) is 18.0 Å². The third kappa shape index (κ3) is 4.15. The molecule has 0 aromatic carbocycles. The molecule has 1 aliphatic carbocycles. The number of thiazole rings is 1. The van der Waals surface area contributed by atoms with Gasteiger partial charge >= 0.3 is 6.18 Å². The van der Waals surface area contributed by atoms with Gasteiger partial charge in [-0.1, -0.05) is 0 Å². The highest BCUT2D eigenvalue weighted by atomic mass is 32.1. The second-order valence-corrected chi connectivity index (χ2v) is 5.23. The maximum absolute atomic E-state index is 12.4. The lowest BCUT2D eigenvalue weighted by Gasteiger charge is -2.22. The molecule has 9 heteroatoms. The number of hydrogen-bond acceptors (Lipinski definition) is 5. The monoisotopic (exact) mass is 294 g/mol. The number of carbonyl (C=O) groups is 1. The van der Waals surface area contributed by atoms with E-state index in [1.54, 1.807) is 5.38 Å². The average molecular weight is 294 g/mol. The molecular formula is C10H13F3N4OS. The van der Waals surface area contributed by atoms with Crippen molar-refractivity contribution in [2.45, 2.75) is 31.6 Å². The van der Waals surface area contributed by atoms with E-state index in [1.807, 2.05) is 5.43 Å². The van der Waals surface area contributed by atoms with Gasteiger partial charge < -0.3 is 0 Å². The Kier molecular flexibility index (Phi) is 4.07. The molecular weight excluding hydrogens is 281 g/mol. The van der Waals surface area contributed by atoms with E-state index in [0.29, 0.717) is 5.69 Å². The Hall–Kier alpha value is -1.19. The Balaban J connectivity index is 2.01. The first-order valence-corrected chi connectivity index (χ1v) is 6.53. The zero-order valence-corrected chi connectivity index (χ0v) is 10.7. The maximum atomic E-state index is 12.4. The third-order valence-electron chi connectivity index (χ3n) is 2.69. The van der Waals surface area contributed by atoms with Crippen LogP contribution >= 0.6 is 11.3 Å². The fraction of sp³-hybridized carbons (Fsp3) is 0.600. The molecule has 0 radical (unpaired) electrons. The summed E-state index contributed by atoms with van der Waals surface area (Å²) < 4.78 is 37.3. The van der Waals surface area contributed by atoms with Crippen LogP contribution in [0.1, 0.15) is 28.3 Å². The van der Waals surface area contributed by atoms with E-state index in [1.165, 1.54) is 4.90 Å². The van der Waals surface area contributed by atoms with E-state index >= 15 is 0 Å². The zero-order valence-electron chi connectivity index (χ0n) is 9.91. The highest BCUT2D eigenvalue weighted by molar-refractivity contribution is 7.11. The Morgan fingerprint density at radius 2 is 2.26 bits per heavy atom. The molecule has 0 aliphatic heterocycles. The van der Waals surface area contributed by atoms with Crippen molar-refractivity contribution in [1.29, 1.82) is 0 Å². The summed E-state index contributed by atoms with van der Waals surface area (Å²) in [7, 11) is 0. The van der Waals surface area contributed by atoms with E-state index in [0.717, 1.165) is 24.2 Å². The molecule has 106 valence electrons. The van der Waals surface area contributed by atoms with Crippen molar-refractivity contribution in [3.05, 3.63) is 16.1 Å². The largest absolute Gasteiger partial charge is 0.401 e. The van der Waals surface area contributed by atoms with Gasteiger partial charge in [0.15, 0.2) is 5.01 Å². The van der Waals surface area contributed by atoms with E-state index in [2.05, 4.69) is 4.98 Å². The molecule has 1 amide bonds. The molecule has 1 aromatic heterocycles. The van der Waals surface area contributed by atoms with Crippen LogP contribution in [-0.4, -0.2) is 34.6 Å². The van der Waals surface area contributed by atoms with Crippen molar-refractivity contribution in [2.75, 3.05) is 6.54 Å². The second-order valence-electron chi connectivity index (χ2n) is 4.37. The predicted molar refractivity (Wildman–Crippen MR) is 63.3 cm³/mol. The highest BCUT2D eigenvalue weighted by Gasteiger charge is 2.38. The van der Waals surface area contributed by atoms with Gasteiger partial charge in [-0.05, 0) is 12.8 Å². The van der Waals surface area contributed by atoms with E-state index < -0.39 is 18.6 Å². The van der Waals surface area contributed by atoms with E-state index in [9.17, 15) is 18.0 Å². The molecule has 0 unspecified atom stereocenters. The number of hydrogen-bond donors (Lipinski definition) is 2. The standard InChI is InChI=1S/C10H13F3N4OS/c11-10(12,13)5-17(7-1-2-7)3-6-4-19-9(15-6)8(18)16-14/h4,7H,1-3,5,14H2,(H,16,18). The van der Waals surface area contributed by atoms with Crippen molar-refractivity contribution < 1.29 is 18.0 Å². The van der Waals surface area contributed by atoms with Crippen molar-refractivity contribution in [1.82, 2.24) is 15.3 Å². The maximum Gasteiger partial charge on any atom is 0.401 e. The normalized spacial score (nSPS) is 15.8. The number of carbonyl (C=O) groups excluding carboxylic acids is 1. The number of rotatable bonds is 5. The summed E-state index contributed by atoms with van der Waals surface area (Å²) in [5.41, 5.74) is 2.39. The SMILES string of the molecule is NNC(=O)c1nc(CN(CC(F)(F)F)C2CC2)cs1. The molecule has 0 atom stereocenters. The number of amides is 1. The van der Waals surface area contributed by atoms with E-state index in [4.69, 9.17) is 5.84 Å². The van der Waals surface area contributed by atoms with Crippen molar-refractivity contribution in [2.24, 2.45) is 5.84 Å². The van der Waals surface area contributed by atoms with Gasteiger partial charge in [0.05, 0.1) is 12.2 Å². The Bertz CT molecular complexity index is 458. The first kappa shape index (κ1) is 14.2. The predicted octanol–water partition coefficient (Wildman–Crippen LogP) is 1.27. The summed E-state index contributed by atoms with van der Waals surface area (Å²) in [4.78, 5) is 16.5. The van der Waals surface area contributed by atoms with Crippen LogP contribution in [0.3, 0.4) is 0 Å². The summed E-state index contributed by atoms with van der Waals surface area (Å²) in [5, 5.41) is 1.73. The Labute approximate surface area is 111 Å². The minimum Gasteiger partial charge on any atom is -0.288 e. The van der Waals surface area contributed by atoms with Crippen LogP contribution in [0.4, 0.5) is 13.2 Å². The van der Waals surface area contributed by atoms with Gasteiger partial charge in [-0.2, -0.15) is 13.2 Å². The van der Waals surface area contributed by atoms with E-state index in [-0.39, 0.29) is 17.6 Å². The lowest BCUT2D eigenvalue weighted by Crippen LogP contribution is -2.35. The van der Waals surface area contributed by atoms with Crippen molar-refractivity contribution in [3.63, 3.8) is 0 Å². The lowest BCUT2D eigenvalue weighted by molar-refractivity contribution is -0.148. The molecule has 0 bridgehead atoms. The van der Waals surface area contributed by atoms with Gasteiger partial charge in [-0.3, -0.25) is 15.1 Å². The number of alkyl halides is 3. The molecule has 1 aliphatic rings. The lowest BCUT2D eigenvalue weighted by atomic mass is 10.4.